The summed E-state index contributed by atoms with van der Waals surface area (Å²) in [6, 6.07) is 7.95. The second-order valence-electron chi connectivity index (χ2n) is 5.24. The van der Waals surface area contributed by atoms with Crippen LogP contribution >= 0.6 is 0 Å². The summed E-state index contributed by atoms with van der Waals surface area (Å²) in [6.07, 6.45) is 2.59. The van der Waals surface area contributed by atoms with Gasteiger partial charge in [0.1, 0.15) is 6.04 Å². The molecule has 2 N–H and O–H groups in total. The van der Waals surface area contributed by atoms with Crippen LogP contribution in [0.25, 0.3) is 10.9 Å². The number of nitrogens with two attached hydrogens (primary N) is 1. The van der Waals surface area contributed by atoms with Crippen LogP contribution in [-0.2, 0) is 16.0 Å². The van der Waals surface area contributed by atoms with E-state index in [-0.39, 0.29) is 5.97 Å². The number of benzene rings is 1. The summed E-state index contributed by atoms with van der Waals surface area (Å²) >= 11 is 0. The zero-order valence-corrected chi connectivity index (χ0v) is 12.3. The van der Waals surface area contributed by atoms with E-state index < -0.39 is 6.04 Å². The standard InChI is InChI=1S/C16H22N2O2/c1-4-20-16(19)14(17)9-12-10-18(11(2)3)15-8-6-5-7-13(12)15/h5-8,10-11,14H,4,9,17H2,1-3H3. The van der Waals surface area contributed by atoms with Gasteiger partial charge in [-0.3, -0.25) is 4.79 Å². The Kier molecular flexibility index (Phi) is 4.45. The molecule has 108 valence electrons. The van der Waals surface area contributed by atoms with Crippen molar-refractivity contribution in [3.63, 3.8) is 0 Å². The van der Waals surface area contributed by atoms with Crippen molar-refractivity contribution in [1.29, 1.82) is 0 Å². The van der Waals surface area contributed by atoms with E-state index in [1.165, 1.54) is 5.52 Å². The number of esters is 1. The van der Waals surface area contributed by atoms with Crippen LogP contribution in [0.4, 0.5) is 0 Å². The summed E-state index contributed by atoms with van der Waals surface area (Å²) in [7, 11) is 0. The molecule has 4 nitrogen and oxygen atoms in total. The van der Waals surface area contributed by atoms with E-state index in [0.717, 1.165) is 10.9 Å². The number of rotatable bonds is 5. The first-order valence-electron chi connectivity index (χ1n) is 7.05. The molecular weight excluding hydrogens is 252 g/mol. The molecule has 1 atom stereocenters. The van der Waals surface area contributed by atoms with E-state index in [1.807, 2.05) is 12.1 Å². The molecule has 2 rings (SSSR count). The van der Waals surface area contributed by atoms with Crippen molar-refractivity contribution in [2.24, 2.45) is 5.73 Å². The average Bonchev–Trinajstić information content (AvgIpc) is 2.78. The van der Waals surface area contributed by atoms with Crippen molar-refractivity contribution in [3.05, 3.63) is 36.0 Å². The van der Waals surface area contributed by atoms with Crippen molar-refractivity contribution < 1.29 is 9.53 Å². The highest BCUT2D eigenvalue weighted by atomic mass is 16.5. The van der Waals surface area contributed by atoms with E-state index in [1.54, 1.807) is 6.92 Å². The first-order valence-corrected chi connectivity index (χ1v) is 7.05. The highest BCUT2D eigenvalue weighted by Gasteiger charge is 2.18. The molecule has 0 aliphatic heterocycles. The molecule has 0 saturated heterocycles. The number of hydrogen-bond acceptors (Lipinski definition) is 3. The minimum absolute atomic E-state index is 0.339. The highest BCUT2D eigenvalue weighted by molar-refractivity contribution is 5.85. The minimum atomic E-state index is -0.610. The van der Waals surface area contributed by atoms with Crippen LogP contribution in [0.2, 0.25) is 0 Å². The van der Waals surface area contributed by atoms with E-state index in [0.29, 0.717) is 19.1 Å². The fraction of sp³-hybridized carbons (Fsp3) is 0.438. The number of aromatic nitrogens is 1. The van der Waals surface area contributed by atoms with Crippen molar-refractivity contribution in [2.75, 3.05) is 6.61 Å². The van der Waals surface area contributed by atoms with Crippen molar-refractivity contribution >= 4 is 16.9 Å². The molecule has 2 aromatic rings. The fourth-order valence-corrected chi connectivity index (χ4v) is 2.44. The number of hydrogen-bond donors (Lipinski definition) is 1. The Bertz CT molecular complexity index is 602. The van der Waals surface area contributed by atoms with Crippen LogP contribution in [-0.4, -0.2) is 23.2 Å². The van der Waals surface area contributed by atoms with Crippen LogP contribution in [0.15, 0.2) is 30.5 Å². The summed E-state index contributed by atoms with van der Waals surface area (Å²) < 4.78 is 7.18. The molecule has 0 spiro atoms. The molecule has 1 heterocycles. The second kappa shape index (κ2) is 6.09. The van der Waals surface area contributed by atoms with Crippen LogP contribution in [0.1, 0.15) is 32.4 Å². The van der Waals surface area contributed by atoms with Crippen molar-refractivity contribution in [1.82, 2.24) is 4.57 Å². The maximum atomic E-state index is 11.7. The third-order valence-electron chi connectivity index (χ3n) is 3.41. The van der Waals surface area contributed by atoms with Gasteiger partial charge in [0.25, 0.3) is 0 Å². The molecule has 1 aromatic heterocycles. The number of fused-ring (bicyclic) bond motifs is 1. The van der Waals surface area contributed by atoms with Gasteiger partial charge >= 0.3 is 5.97 Å². The highest BCUT2D eigenvalue weighted by Crippen LogP contribution is 2.25. The topological polar surface area (TPSA) is 57.2 Å². The van der Waals surface area contributed by atoms with Gasteiger partial charge in [-0.2, -0.15) is 0 Å². The predicted molar refractivity (Wildman–Crippen MR) is 80.6 cm³/mol. The molecule has 20 heavy (non-hydrogen) atoms. The molecule has 0 saturated carbocycles. The van der Waals surface area contributed by atoms with Gasteiger partial charge in [-0.05, 0) is 32.4 Å². The van der Waals surface area contributed by atoms with Crippen LogP contribution < -0.4 is 5.73 Å². The van der Waals surface area contributed by atoms with Crippen molar-refractivity contribution in [3.8, 4) is 0 Å². The molecule has 0 bridgehead atoms. The van der Waals surface area contributed by atoms with Gasteiger partial charge in [0.05, 0.1) is 6.61 Å². The number of nitrogens with zero attached hydrogens (tertiary/aromatic N) is 1. The van der Waals surface area contributed by atoms with E-state index in [9.17, 15) is 4.79 Å². The lowest BCUT2D eigenvalue weighted by Gasteiger charge is -2.10. The first kappa shape index (κ1) is 14.6. The summed E-state index contributed by atoms with van der Waals surface area (Å²) in [6.45, 7) is 6.43. The Labute approximate surface area is 119 Å². The number of carbonyl (C=O) groups is 1. The summed E-state index contributed by atoms with van der Waals surface area (Å²) in [5, 5.41) is 1.15. The molecule has 0 radical (unpaired) electrons. The first-order chi connectivity index (χ1) is 9.54. The summed E-state index contributed by atoms with van der Waals surface area (Å²) in [5.74, 6) is -0.339. The molecule has 0 fully saturated rings. The maximum absolute atomic E-state index is 11.7. The monoisotopic (exact) mass is 274 g/mol. The summed E-state index contributed by atoms with van der Waals surface area (Å²) in [5.41, 5.74) is 8.19. The van der Waals surface area contributed by atoms with Gasteiger partial charge in [-0.1, -0.05) is 18.2 Å². The minimum Gasteiger partial charge on any atom is -0.465 e. The quantitative estimate of drug-likeness (QED) is 0.853. The molecule has 0 aliphatic carbocycles. The maximum Gasteiger partial charge on any atom is 0.323 e. The number of ether oxygens (including phenoxy) is 1. The van der Waals surface area contributed by atoms with Gasteiger partial charge in [0, 0.05) is 29.6 Å². The molecule has 1 aromatic carbocycles. The average molecular weight is 274 g/mol. The number of carbonyl (C=O) groups excluding carboxylic acids is 1. The van der Waals surface area contributed by atoms with Crippen LogP contribution in [0.5, 0.6) is 0 Å². The smallest absolute Gasteiger partial charge is 0.323 e. The van der Waals surface area contributed by atoms with Crippen LogP contribution in [0.3, 0.4) is 0 Å². The van der Waals surface area contributed by atoms with Gasteiger partial charge in [0.2, 0.25) is 0 Å². The molecule has 1 unspecified atom stereocenters. The van der Waals surface area contributed by atoms with E-state index in [2.05, 4.69) is 36.7 Å². The second-order valence-corrected chi connectivity index (χ2v) is 5.24. The Morgan fingerprint density at radius 2 is 2.05 bits per heavy atom. The number of para-hydroxylation sites is 1. The largest absolute Gasteiger partial charge is 0.465 e. The predicted octanol–water partition coefficient (Wildman–Crippen LogP) is 2.66. The fourth-order valence-electron chi connectivity index (χ4n) is 2.44. The Balaban J connectivity index is 2.33. The van der Waals surface area contributed by atoms with Crippen LogP contribution in [0, 0.1) is 0 Å². The lowest BCUT2D eigenvalue weighted by Crippen LogP contribution is -2.34. The lowest BCUT2D eigenvalue weighted by atomic mass is 10.1. The summed E-state index contributed by atoms with van der Waals surface area (Å²) in [4.78, 5) is 11.7. The zero-order valence-electron chi connectivity index (χ0n) is 12.3. The van der Waals surface area contributed by atoms with E-state index in [4.69, 9.17) is 10.5 Å². The third kappa shape index (κ3) is 2.85. The van der Waals surface area contributed by atoms with Gasteiger partial charge in [-0.25, -0.2) is 0 Å². The SMILES string of the molecule is CCOC(=O)C(N)Cc1cn(C(C)C)c2ccccc12. The van der Waals surface area contributed by atoms with Gasteiger partial charge < -0.3 is 15.0 Å². The Morgan fingerprint density at radius 1 is 1.35 bits per heavy atom. The molecule has 0 aliphatic rings. The van der Waals surface area contributed by atoms with Gasteiger partial charge in [0.15, 0.2) is 0 Å². The Hall–Kier alpha value is -1.81. The lowest BCUT2D eigenvalue weighted by molar-refractivity contribution is -0.144. The molecular formula is C16H22N2O2. The molecule has 0 amide bonds. The normalized spacial score (nSPS) is 12.8. The molecule has 4 heteroatoms. The van der Waals surface area contributed by atoms with Gasteiger partial charge in [-0.15, -0.1) is 0 Å². The zero-order chi connectivity index (χ0) is 14.7. The Morgan fingerprint density at radius 3 is 2.70 bits per heavy atom. The third-order valence-corrected chi connectivity index (χ3v) is 3.41. The van der Waals surface area contributed by atoms with E-state index >= 15 is 0 Å². The van der Waals surface area contributed by atoms with Crippen molar-refractivity contribution in [2.45, 2.75) is 39.3 Å².